The van der Waals surface area contributed by atoms with Gasteiger partial charge in [-0.15, -0.1) is 0 Å². The van der Waals surface area contributed by atoms with Gasteiger partial charge in [0.1, 0.15) is 12.1 Å². The molecule has 1 unspecified atom stereocenters. The van der Waals surface area contributed by atoms with E-state index in [-0.39, 0.29) is 6.61 Å². The Bertz CT molecular complexity index is 432. The third kappa shape index (κ3) is 2.51. The Kier molecular flexibility index (Phi) is 3.61. The first kappa shape index (κ1) is 12.6. The predicted molar refractivity (Wildman–Crippen MR) is 62.6 cm³/mol. The Labute approximate surface area is 104 Å². The molecule has 1 aromatic heterocycles. The lowest BCUT2D eigenvalue weighted by atomic mass is 9.99. The third-order valence-corrected chi connectivity index (χ3v) is 2.73. The lowest BCUT2D eigenvalue weighted by molar-refractivity contribution is -0.142. The number of nitrogens with one attached hydrogen (secondary N) is 1. The number of carboxylic acids is 1. The summed E-state index contributed by atoms with van der Waals surface area (Å²) < 4.78 is 10.4. The van der Waals surface area contributed by atoms with Crippen LogP contribution in [0.2, 0.25) is 0 Å². The summed E-state index contributed by atoms with van der Waals surface area (Å²) in [5.41, 5.74) is -1.11. The average Bonchev–Trinajstić information content (AvgIpc) is 2.80. The highest BCUT2D eigenvalue weighted by Crippen LogP contribution is 2.24. The molecule has 7 nitrogen and oxygen atoms in total. The van der Waals surface area contributed by atoms with Crippen LogP contribution in [-0.4, -0.2) is 46.4 Å². The van der Waals surface area contributed by atoms with E-state index < -0.39 is 11.5 Å². The normalized spacial score (nSPS) is 22.7. The minimum absolute atomic E-state index is 0.121. The summed E-state index contributed by atoms with van der Waals surface area (Å²) in [4.78, 5) is 19.2. The van der Waals surface area contributed by atoms with Crippen molar-refractivity contribution in [1.82, 2.24) is 9.97 Å². The first-order valence-electron chi connectivity index (χ1n) is 5.70. The van der Waals surface area contributed by atoms with E-state index in [4.69, 9.17) is 9.47 Å². The van der Waals surface area contributed by atoms with Gasteiger partial charge in [0.25, 0.3) is 0 Å². The van der Waals surface area contributed by atoms with Gasteiger partial charge in [0.15, 0.2) is 5.54 Å². The highest BCUT2D eigenvalue weighted by Gasteiger charge is 2.43. The van der Waals surface area contributed by atoms with Gasteiger partial charge < -0.3 is 19.9 Å². The zero-order valence-corrected chi connectivity index (χ0v) is 10.0. The zero-order chi connectivity index (χ0) is 13.0. The van der Waals surface area contributed by atoms with Gasteiger partial charge >= 0.3 is 5.97 Å². The number of rotatable bonds is 5. The smallest absolute Gasteiger partial charge is 0.331 e. The van der Waals surface area contributed by atoms with Crippen molar-refractivity contribution in [2.24, 2.45) is 0 Å². The van der Waals surface area contributed by atoms with Crippen LogP contribution in [0.5, 0.6) is 5.88 Å². The Morgan fingerprint density at radius 3 is 3.11 bits per heavy atom. The summed E-state index contributed by atoms with van der Waals surface area (Å²) >= 11 is 0. The van der Waals surface area contributed by atoms with Crippen molar-refractivity contribution in [2.45, 2.75) is 18.9 Å². The molecular weight excluding hydrogens is 238 g/mol. The minimum atomic E-state index is -1.11. The molecular formula is C11H15N3O4. The Hall–Kier alpha value is -1.89. The molecule has 98 valence electrons. The summed E-state index contributed by atoms with van der Waals surface area (Å²) in [6.45, 7) is 2.88. The Morgan fingerprint density at radius 2 is 2.50 bits per heavy atom. The molecule has 0 aromatic carbocycles. The second-order valence-electron chi connectivity index (χ2n) is 3.99. The maximum absolute atomic E-state index is 11.3. The van der Waals surface area contributed by atoms with Crippen molar-refractivity contribution >= 4 is 11.8 Å². The molecule has 0 saturated carbocycles. The Balaban J connectivity index is 2.16. The van der Waals surface area contributed by atoms with Crippen LogP contribution in [0.25, 0.3) is 0 Å². The van der Waals surface area contributed by atoms with Gasteiger partial charge in [0, 0.05) is 19.1 Å². The summed E-state index contributed by atoms with van der Waals surface area (Å²) in [6, 6.07) is 1.58. The van der Waals surface area contributed by atoms with E-state index in [0.29, 0.717) is 31.3 Å². The van der Waals surface area contributed by atoms with Crippen LogP contribution >= 0.6 is 0 Å². The molecule has 1 aliphatic heterocycles. The van der Waals surface area contributed by atoms with Crippen molar-refractivity contribution in [1.29, 1.82) is 0 Å². The van der Waals surface area contributed by atoms with Gasteiger partial charge in [-0.05, 0) is 6.92 Å². The van der Waals surface area contributed by atoms with Gasteiger partial charge in [-0.2, -0.15) is 0 Å². The summed E-state index contributed by atoms with van der Waals surface area (Å²) in [6.07, 6.45) is 1.73. The number of ether oxygens (including phenoxy) is 2. The highest BCUT2D eigenvalue weighted by molar-refractivity contribution is 5.83. The molecule has 18 heavy (non-hydrogen) atoms. The number of nitrogens with zero attached hydrogens (tertiary/aromatic N) is 2. The summed E-state index contributed by atoms with van der Waals surface area (Å²) in [5, 5.41) is 12.2. The fraction of sp³-hybridized carbons (Fsp3) is 0.545. The number of aromatic nitrogens is 2. The molecule has 2 rings (SSSR count). The summed E-state index contributed by atoms with van der Waals surface area (Å²) in [7, 11) is 0. The molecule has 0 bridgehead atoms. The van der Waals surface area contributed by atoms with Crippen molar-refractivity contribution in [3.8, 4) is 5.88 Å². The molecule has 1 aliphatic rings. The van der Waals surface area contributed by atoms with Crippen LogP contribution in [-0.2, 0) is 9.53 Å². The molecule has 0 amide bonds. The van der Waals surface area contributed by atoms with E-state index in [9.17, 15) is 9.90 Å². The predicted octanol–water partition coefficient (Wildman–Crippen LogP) is 0.531. The Morgan fingerprint density at radius 1 is 1.67 bits per heavy atom. The van der Waals surface area contributed by atoms with E-state index in [1.165, 1.54) is 6.33 Å². The number of hydrogen-bond donors (Lipinski definition) is 2. The standard InChI is InChI=1S/C11H15N3O4/c1-2-18-9-5-8(12-7-13-9)14-11(10(15)16)3-4-17-6-11/h5,7H,2-4,6H2,1H3,(H,15,16)(H,12,13,14). The van der Waals surface area contributed by atoms with Crippen LogP contribution in [0.15, 0.2) is 12.4 Å². The zero-order valence-electron chi connectivity index (χ0n) is 10.0. The van der Waals surface area contributed by atoms with E-state index in [1.54, 1.807) is 6.07 Å². The topological polar surface area (TPSA) is 93.6 Å². The second kappa shape index (κ2) is 5.18. The SMILES string of the molecule is CCOc1cc(NC2(C(=O)O)CCOC2)ncn1. The number of carbonyl (C=O) groups is 1. The molecule has 0 spiro atoms. The molecule has 0 radical (unpaired) electrons. The minimum Gasteiger partial charge on any atom is -0.479 e. The number of hydrogen-bond acceptors (Lipinski definition) is 6. The highest BCUT2D eigenvalue weighted by atomic mass is 16.5. The lowest BCUT2D eigenvalue weighted by Crippen LogP contribution is -2.47. The monoisotopic (exact) mass is 253 g/mol. The van der Waals surface area contributed by atoms with Crippen molar-refractivity contribution in [2.75, 3.05) is 25.1 Å². The molecule has 2 N–H and O–H groups in total. The van der Waals surface area contributed by atoms with Crippen LogP contribution in [0.4, 0.5) is 5.82 Å². The maximum atomic E-state index is 11.3. The molecule has 1 fully saturated rings. The van der Waals surface area contributed by atoms with Gasteiger partial charge in [0.05, 0.1) is 13.2 Å². The van der Waals surface area contributed by atoms with Crippen molar-refractivity contribution in [3.05, 3.63) is 12.4 Å². The van der Waals surface area contributed by atoms with E-state index in [1.807, 2.05) is 6.92 Å². The van der Waals surface area contributed by atoms with Gasteiger partial charge in [-0.3, -0.25) is 0 Å². The van der Waals surface area contributed by atoms with Gasteiger partial charge in [-0.1, -0.05) is 0 Å². The molecule has 1 atom stereocenters. The molecule has 1 saturated heterocycles. The fourth-order valence-corrected chi connectivity index (χ4v) is 1.77. The number of anilines is 1. The van der Waals surface area contributed by atoms with Crippen LogP contribution in [0.1, 0.15) is 13.3 Å². The molecule has 2 heterocycles. The van der Waals surface area contributed by atoms with Gasteiger partial charge in [-0.25, -0.2) is 14.8 Å². The van der Waals surface area contributed by atoms with Crippen LogP contribution < -0.4 is 10.1 Å². The van der Waals surface area contributed by atoms with E-state index in [0.717, 1.165) is 0 Å². The van der Waals surface area contributed by atoms with Crippen molar-refractivity contribution in [3.63, 3.8) is 0 Å². The second-order valence-corrected chi connectivity index (χ2v) is 3.99. The van der Waals surface area contributed by atoms with Gasteiger partial charge in [0.2, 0.25) is 5.88 Å². The number of aliphatic carboxylic acids is 1. The molecule has 7 heteroatoms. The third-order valence-electron chi connectivity index (χ3n) is 2.73. The van der Waals surface area contributed by atoms with E-state index >= 15 is 0 Å². The lowest BCUT2D eigenvalue weighted by Gasteiger charge is -2.24. The van der Waals surface area contributed by atoms with Crippen LogP contribution in [0, 0.1) is 0 Å². The molecule has 0 aliphatic carbocycles. The molecule has 1 aromatic rings. The first-order valence-corrected chi connectivity index (χ1v) is 5.70. The van der Waals surface area contributed by atoms with Crippen molar-refractivity contribution < 1.29 is 19.4 Å². The first-order chi connectivity index (χ1) is 8.66. The average molecular weight is 253 g/mol. The largest absolute Gasteiger partial charge is 0.479 e. The number of carboxylic acid groups (broad SMARTS) is 1. The maximum Gasteiger partial charge on any atom is 0.331 e. The van der Waals surface area contributed by atoms with Crippen LogP contribution in [0.3, 0.4) is 0 Å². The summed E-state index contributed by atoms with van der Waals surface area (Å²) in [5.74, 6) is -0.118. The fourth-order valence-electron chi connectivity index (χ4n) is 1.77. The van der Waals surface area contributed by atoms with E-state index in [2.05, 4.69) is 15.3 Å². The quantitative estimate of drug-likeness (QED) is 0.790.